The molecule has 5 heterocycles. The lowest BCUT2D eigenvalue weighted by atomic mass is 10.00. The van der Waals surface area contributed by atoms with Crippen molar-refractivity contribution in [2.24, 2.45) is 4.99 Å². The van der Waals surface area contributed by atoms with E-state index in [1.54, 1.807) is 0 Å². The van der Waals surface area contributed by atoms with E-state index in [9.17, 15) is 0 Å². The van der Waals surface area contributed by atoms with Crippen molar-refractivity contribution in [3.8, 4) is 5.69 Å². The molecule has 0 saturated heterocycles. The Morgan fingerprint density at radius 1 is 1.09 bits per heavy atom. The van der Waals surface area contributed by atoms with Crippen molar-refractivity contribution in [2.45, 2.75) is 26.2 Å². The Kier molecular flexibility index (Phi) is 4.72. The molecule has 2 N–H and O–H groups in total. The van der Waals surface area contributed by atoms with E-state index in [1.165, 1.54) is 11.1 Å². The molecule has 0 unspecified atom stereocenters. The third-order valence-corrected chi connectivity index (χ3v) is 6.36. The van der Waals surface area contributed by atoms with Crippen molar-refractivity contribution in [2.75, 3.05) is 19.6 Å². The van der Waals surface area contributed by atoms with Crippen LogP contribution in [0.3, 0.4) is 0 Å². The maximum absolute atomic E-state index is 5.15. The van der Waals surface area contributed by atoms with Crippen molar-refractivity contribution >= 4 is 22.2 Å². The summed E-state index contributed by atoms with van der Waals surface area (Å²) in [6, 6.07) is 13.0. The molecule has 32 heavy (non-hydrogen) atoms. The molecule has 160 valence electrons. The maximum atomic E-state index is 5.15. The van der Waals surface area contributed by atoms with Gasteiger partial charge < -0.3 is 14.9 Å². The van der Waals surface area contributed by atoms with Crippen molar-refractivity contribution < 1.29 is 0 Å². The molecule has 0 radical (unpaired) electrons. The van der Waals surface area contributed by atoms with E-state index in [0.717, 1.165) is 84.0 Å². The summed E-state index contributed by atoms with van der Waals surface area (Å²) in [5.74, 6) is 0. The van der Waals surface area contributed by atoms with Gasteiger partial charge in [0.15, 0.2) is 0 Å². The summed E-state index contributed by atoms with van der Waals surface area (Å²) in [6.45, 7) is 4.74. The predicted octanol–water partition coefficient (Wildman–Crippen LogP) is 4.22. The normalized spacial score (nSPS) is 16.4. The molecule has 0 amide bonds. The van der Waals surface area contributed by atoms with Gasteiger partial charge in [0, 0.05) is 30.2 Å². The molecule has 0 spiro atoms. The molecule has 6 heteroatoms. The minimum Gasteiger partial charge on any atom is -0.353 e. The van der Waals surface area contributed by atoms with Crippen LogP contribution in [0.2, 0.25) is 0 Å². The van der Waals surface area contributed by atoms with Gasteiger partial charge in [-0.15, -0.1) is 0 Å². The highest BCUT2D eigenvalue weighted by molar-refractivity contribution is 6.14. The number of nitrogens with one attached hydrogen (secondary N) is 2. The SMILES string of the molecule is Cc1cn(-c2cccc3[nH]c(C4=NCCCc5ccc(C6=CCNCC6)nc54)cc23)cn1. The number of rotatable bonds is 3. The van der Waals surface area contributed by atoms with Gasteiger partial charge in [-0.05, 0) is 68.1 Å². The van der Waals surface area contributed by atoms with Crippen molar-refractivity contribution in [3.63, 3.8) is 0 Å². The van der Waals surface area contributed by atoms with Gasteiger partial charge in [0.25, 0.3) is 0 Å². The predicted molar refractivity (Wildman–Crippen MR) is 129 cm³/mol. The fourth-order valence-corrected chi connectivity index (χ4v) is 4.72. The summed E-state index contributed by atoms with van der Waals surface area (Å²) in [5, 5.41) is 4.55. The van der Waals surface area contributed by atoms with Crippen LogP contribution in [-0.4, -0.2) is 44.9 Å². The first kappa shape index (κ1) is 19.2. The molecular weight excluding hydrogens is 396 g/mol. The van der Waals surface area contributed by atoms with E-state index in [-0.39, 0.29) is 0 Å². The molecule has 0 aliphatic carbocycles. The number of H-pyrrole nitrogens is 1. The molecule has 0 atom stereocenters. The van der Waals surface area contributed by atoms with Crippen LogP contribution in [0.5, 0.6) is 0 Å². The average Bonchev–Trinajstić information content (AvgIpc) is 3.40. The van der Waals surface area contributed by atoms with Gasteiger partial charge in [-0.3, -0.25) is 4.99 Å². The van der Waals surface area contributed by atoms with E-state index in [2.05, 4.69) is 68.5 Å². The van der Waals surface area contributed by atoms with Gasteiger partial charge in [-0.25, -0.2) is 9.97 Å². The topological polar surface area (TPSA) is 70.9 Å². The van der Waals surface area contributed by atoms with Gasteiger partial charge in [-0.2, -0.15) is 0 Å². The standard InChI is InChI=1S/C26H26N6/c1-17-15-32(16-29-17)24-6-2-5-22-20(24)14-23(30-22)26-25-19(4-3-11-28-26)7-8-21(31-25)18-9-12-27-13-10-18/h2,5-9,14-16,27,30H,3-4,10-13H2,1H3. The van der Waals surface area contributed by atoms with E-state index in [0.29, 0.717) is 0 Å². The Balaban J connectivity index is 1.47. The number of aryl methyl sites for hydroxylation is 2. The minimum atomic E-state index is 0.816. The Morgan fingerprint density at radius 2 is 2.06 bits per heavy atom. The molecule has 2 aliphatic rings. The first-order chi connectivity index (χ1) is 15.8. The quantitative estimate of drug-likeness (QED) is 0.519. The second-order valence-corrected chi connectivity index (χ2v) is 8.57. The van der Waals surface area contributed by atoms with Crippen molar-refractivity contribution in [1.29, 1.82) is 0 Å². The number of benzene rings is 1. The minimum absolute atomic E-state index is 0.816. The molecule has 0 fully saturated rings. The van der Waals surface area contributed by atoms with E-state index < -0.39 is 0 Å². The lowest BCUT2D eigenvalue weighted by Gasteiger charge is -2.16. The van der Waals surface area contributed by atoms with Crippen LogP contribution in [0.4, 0.5) is 0 Å². The van der Waals surface area contributed by atoms with Crippen LogP contribution in [0, 0.1) is 6.92 Å². The Morgan fingerprint density at radius 3 is 2.91 bits per heavy atom. The lowest BCUT2D eigenvalue weighted by Crippen LogP contribution is -2.20. The third kappa shape index (κ3) is 3.37. The highest BCUT2D eigenvalue weighted by atomic mass is 15.0. The van der Waals surface area contributed by atoms with Crippen LogP contribution >= 0.6 is 0 Å². The summed E-state index contributed by atoms with van der Waals surface area (Å²) in [6.07, 6.45) is 9.25. The van der Waals surface area contributed by atoms with Crippen LogP contribution in [0.15, 0.2) is 60.0 Å². The monoisotopic (exact) mass is 422 g/mol. The Bertz CT molecular complexity index is 1370. The second kappa shape index (κ2) is 7.88. The molecule has 2 aliphatic heterocycles. The molecule has 1 aromatic carbocycles. The second-order valence-electron chi connectivity index (χ2n) is 8.57. The van der Waals surface area contributed by atoms with Gasteiger partial charge in [0.2, 0.25) is 0 Å². The number of hydrogen-bond donors (Lipinski definition) is 2. The average molecular weight is 423 g/mol. The third-order valence-electron chi connectivity index (χ3n) is 6.36. The van der Waals surface area contributed by atoms with E-state index >= 15 is 0 Å². The summed E-state index contributed by atoms with van der Waals surface area (Å²) >= 11 is 0. The first-order valence-corrected chi connectivity index (χ1v) is 11.3. The maximum Gasteiger partial charge on any atom is 0.107 e. The fourth-order valence-electron chi connectivity index (χ4n) is 4.72. The molecule has 6 nitrogen and oxygen atoms in total. The van der Waals surface area contributed by atoms with Crippen LogP contribution < -0.4 is 5.32 Å². The molecule has 3 aromatic heterocycles. The zero-order chi connectivity index (χ0) is 21.5. The number of pyridine rings is 1. The molecule has 0 saturated carbocycles. The number of hydrogen-bond acceptors (Lipinski definition) is 4. The van der Waals surface area contributed by atoms with Gasteiger partial charge >= 0.3 is 0 Å². The smallest absolute Gasteiger partial charge is 0.107 e. The summed E-state index contributed by atoms with van der Waals surface area (Å²) in [5.41, 5.74) is 9.90. The van der Waals surface area contributed by atoms with E-state index in [4.69, 9.17) is 9.98 Å². The summed E-state index contributed by atoms with van der Waals surface area (Å²) in [4.78, 5) is 18.2. The highest BCUT2D eigenvalue weighted by Crippen LogP contribution is 2.28. The number of fused-ring (bicyclic) bond motifs is 2. The zero-order valence-corrected chi connectivity index (χ0v) is 18.2. The Hall–Kier alpha value is -3.51. The van der Waals surface area contributed by atoms with Gasteiger partial charge in [0.1, 0.15) is 5.71 Å². The number of nitrogens with zero attached hydrogens (tertiary/aromatic N) is 4. The summed E-state index contributed by atoms with van der Waals surface area (Å²) < 4.78 is 2.08. The molecular formula is C26H26N6. The number of imidazole rings is 1. The van der Waals surface area contributed by atoms with Crippen LogP contribution in [-0.2, 0) is 6.42 Å². The van der Waals surface area contributed by atoms with Crippen molar-refractivity contribution in [1.82, 2.24) is 24.8 Å². The molecule has 4 aromatic rings. The lowest BCUT2D eigenvalue weighted by molar-refractivity contribution is 0.736. The fraction of sp³-hybridized carbons (Fsp3) is 0.269. The highest BCUT2D eigenvalue weighted by Gasteiger charge is 2.20. The summed E-state index contributed by atoms with van der Waals surface area (Å²) in [7, 11) is 0. The number of aromatic nitrogens is 4. The molecule has 6 rings (SSSR count). The zero-order valence-electron chi connectivity index (χ0n) is 18.2. The van der Waals surface area contributed by atoms with E-state index in [1.807, 2.05) is 13.3 Å². The number of aromatic amines is 1. The van der Waals surface area contributed by atoms with Crippen LogP contribution in [0.25, 0.3) is 22.2 Å². The van der Waals surface area contributed by atoms with Crippen LogP contribution in [0.1, 0.15) is 41.2 Å². The number of aliphatic imine (C=N–C) groups is 1. The van der Waals surface area contributed by atoms with Gasteiger partial charge in [0.05, 0.1) is 34.8 Å². The first-order valence-electron chi connectivity index (χ1n) is 11.3. The largest absolute Gasteiger partial charge is 0.353 e. The Labute approximate surface area is 187 Å². The van der Waals surface area contributed by atoms with Crippen molar-refractivity contribution in [3.05, 3.63) is 83.3 Å². The molecule has 0 bridgehead atoms. The van der Waals surface area contributed by atoms with Gasteiger partial charge in [-0.1, -0.05) is 18.2 Å².